The summed E-state index contributed by atoms with van der Waals surface area (Å²) < 4.78 is 5.51. The summed E-state index contributed by atoms with van der Waals surface area (Å²) in [6, 6.07) is 0. The van der Waals surface area contributed by atoms with Crippen LogP contribution in [0.3, 0.4) is 0 Å². The van der Waals surface area contributed by atoms with Crippen molar-refractivity contribution in [2.45, 2.75) is 25.4 Å². The molecule has 1 aliphatic heterocycles. The molecule has 0 N–H and O–H groups in total. The summed E-state index contributed by atoms with van der Waals surface area (Å²) in [6.45, 7) is 3.67. The number of piperidine rings is 1. The summed E-state index contributed by atoms with van der Waals surface area (Å²) in [7, 11) is 1.72. The normalized spacial score (nSPS) is 25.1. The topological polar surface area (TPSA) is 51.1 Å². The van der Waals surface area contributed by atoms with Gasteiger partial charge in [0.05, 0.1) is 5.60 Å². The zero-order valence-electron chi connectivity index (χ0n) is 9.78. The largest absolute Gasteiger partial charge is 0.377 e. The average Bonchev–Trinajstić information content (AvgIpc) is 2.28. The number of rotatable bonds is 2. The summed E-state index contributed by atoms with van der Waals surface area (Å²) in [4.78, 5) is 13.9. The maximum absolute atomic E-state index is 5.77. The van der Waals surface area contributed by atoms with Crippen LogP contribution in [-0.2, 0) is 4.74 Å². The lowest BCUT2D eigenvalue weighted by molar-refractivity contribution is -0.00499. The number of hydrogen-bond acceptors (Lipinski definition) is 5. The predicted octanol–water partition coefficient (Wildman–Crippen LogP) is 2.18. The maximum Gasteiger partial charge on any atom is 0.231 e. The van der Waals surface area contributed by atoms with Crippen LogP contribution in [0.2, 0.25) is 10.6 Å². The van der Waals surface area contributed by atoms with E-state index in [1.54, 1.807) is 7.11 Å². The SMILES string of the molecule is COC1(C)CCCN(c2nc(Cl)nc(Cl)n2)C1. The molecule has 0 bridgehead atoms. The molecular formula is C10H14Cl2N4O. The Morgan fingerprint density at radius 2 is 1.88 bits per heavy atom. The van der Waals surface area contributed by atoms with Gasteiger partial charge in [-0.2, -0.15) is 15.0 Å². The molecule has 0 amide bonds. The van der Waals surface area contributed by atoms with Gasteiger partial charge in [-0.15, -0.1) is 0 Å². The fourth-order valence-electron chi connectivity index (χ4n) is 2.00. The van der Waals surface area contributed by atoms with E-state index in [1.165, 1.54) is 0 Å². The smallest absolute Gasteiger partial charge is 0.231 e. The molecule has 2 heterocycles. The number of aromatic nitrogens is 3. The van der Waals surface area contributed by atoms with E-state index in [2.05, 4.69) is 21.9 Å². The molecule has 1 fully saturated rings. The van der Waals surface area contributed by atoms with Gasteiger partial charge < -0.3 is 9.64 Å². The molecular weight excluding hydrogens is 263 g/mol. The number of ether oxygens (including phenoxy) is 1. The number of methoxy groups -OCH3 is 1. The molecule has 1 aromatic heterocycles. The molecule has 17 heavy (non-hydrogen) atoms. The second kappa shape index (κ2) is 4.92. The lowest BCUT2D eigenvalue weighted by Gasteiger charge is -2.39. The van der Waals surface area contributed by atoms with Gasteiger partial charge in [-0.25, -0.2) is 0 Å². The van der Waals surface area contributed by atoms with Crippen LogP contribution < -0.4 is 4.90 Å². The number of halogens is 2. The highest BCUT2D eigenvalue weighted by Crippen LogP contribution is 2.26. The summed E-state index contributed by atoms with van der Waals surface area (Å²) in [5, 5.41) is 0.231. The van der Waals surface area contributed by atoms with E-state index in [9.17, 15) is 0 Å². The Morgan fingerprint density at radius 1 is 1.24 bits per heavy atom. The molecule has 1 aromatic rings. The Hall–Kier alpha value is -0.650. The monoisotopic (exact) mass is 276 g/mol. The summed E-state index contributed by atoms with van der Waals surface area (Å²) in [5.41, 5.74) is -0.177. The molecule has 2 rings (SSSR count). The van der Waals surface area contributed by atoms with Crippen molar-refractivity contribution in [1.29, 1.82) is 0 Å². The van der Waals surface area contributed by atoms with Crippen molar-refractivity contribution in [2.75, 3.05) is 25.1 Å². The quantitative estimate of drug-likeness (QED) is 0.829. The van der Waals surface area contributed by atoms with Crippen LogP contribution in [0.1, 0.15) is 19.8 Å². The van der Waals surface area contributed by atoms with Crippen molar-refractivity contribution in [3.8, 4) is 0 Å². The minimum atomic E-state index is -0.177. The predicted molar refractivity (Wildman–Crippen MR) is 66.7 cm³/mol. The Balaban J connectivity index is 2.21. The van der Waals surface area contributed by atoms with Gasteiger partial charge in [0.15, 0.2) is 0 Å². The highest BCUT2D eigenvalue weighted by Gasteiger charge is 2.32. The van der Waals surface area contributed by atoms with Gasteiger partial charge in [0.25, 0.3) is 0 Å². The number of nitrogens with zero attached hydrogens (tertiary/aromatic N) is 4. The van der Waals surface area contributed by atoms with Crippen molar-refractivity contribution in [1.82, 2.24) is 15.0 Å². The van der Waals surface area contributed by atoms with Crippen molar-refractivity contribution in [2.24, 2.45) is 0 Å². The van der Waals surface area contributed by atoms with Crippen LogP contribution in [0.5, 0.6) is 0 Å². The fourth-order valence-corrected chi connectivity index (χ4v) is 2.36. The molecule has 0 aliphatic carbocycles. The molecule has 7 heteroatoms. The molecule has 0 saturated carbocycles. The first kappa shape index (κ1) is 12.8. The second-order valence-corrected chi connectivity index (χ2v) is 5.03. The first-order valence-corrected chi connectivity index (χ1v) is 6.15. The first-order valence-electron chi connectivity index (χ1n) is 5.40. The van der Waals surface area contributed by atoms with Gasteiger partial charge >= 0.3 is 0 Å². The molecule has 1 atom stereocenters. The number of hydrogen-bond donors (Lipinski definition) is 0. The van der Waals surface area contributed by atoms with Crippen molar-refractivity contribution < 1.29 is 4.74 Å². The third kappa shape index (κ3) is 2.97. The van der Waals surface area contributed by atoms with E-state index in [1.807, 2.05) is 4.90 Å². The van der Waals surface area contributed by atoms with Crippen molar-refractivity contribution >= 4 is 29.2 Å². The molecule has 0 aromatic carbocycles. The Bertz CT molecular complexity index is 397. The van der Waals surface area contributed by atoms with Gasteiger partial charge in [-0.1, -0.05) is 0 Å². The van der Waals surface area contributed by atoms with E-state index in [0.717, 1.165) is 25.9 Å². The molecule has 1 saturated heterocycles. The Kier molecular flexibility index (Phi) is 3.70. The molecule has 94 valence electrons. The van der Waals surface area contributed by atoms with Crippen LogP contribution in [-0.4, -0.2) is 40.8 Å². The maximum atomic E-state index is 5.77. The van der Waals surface area contributed by atoms with E-state index >= 15 is 0 Å². The standard InChI is InChI=1S/C10H14Cl2N4O/c1-10(17-2)4-3-5-16(6-10)9-14-7(11)13-8(12)15-9/h3-6H2,1-2H3. The third-order valence-corrected chi connectivity index (χ3v) is 3.34. The van der Waals surface area contributed by atoms with Crippen LogP contribution in [0, 0.1) is 0 Å². The molecule has 1 unspecified atom stereocenters. The Labute approximate surface area is 110 Å². The van der Waals surface area contributed by atoms with Crippen molar-refractivity contribution in [3.63, 3.8) is 0 Å². The van der Waals surface area contributed by atoms with Gasteiger partial charge in [0.1, 0.15) is 0 Å². The van der Waals surface area contributed by atoms with E-state index in [4.69, 9.17) is 27.9 Å². The first-order chi connectivity index (χ1) is 8.02. The van der Waals surface area contributed by atoms with Gasteiger partial charge in [-0.05, 0) is 43.0 Å². The third-order valence-electron chi connectivity index (χ3n) is 3.00. The van der Waals surface area contributed by atoms with E-state index in [0.29, 0.717) is 5.95 Å². The lowest BCUT2D eigenvalue weighted by Crippen LogP contribution is -2.48. The highest BCUT2D eigenvalue weighted by atomic mass is 35.5. The second-order valence-electron chi connectivity index (χ2n) is 4.35. The molecule has 5 nitrogen and oxygen atoms in total. The van der Waals surface area contributed by atoms with E-state index < -0.39 is 0 Å². The van der Waals surface area contributed by atoms with E-state index in [-0.39, 0.29) is 16.2 Å². The van der Waals surface area contributed by atoms with Gasteiger partial charge in [0, 0.05) is 20.2 Å². The zero-order chi connectivity index (χ0) is 12.5. The zero-order valence-corrected chi connectivity index (χ0v) is 11.3. The van der Waals surface area contributed by atoms with Crippen LogP contribution in [0.4, 0.5) is 5.95 Å². The van der Waals surface area contributed by atoms with Gasteiger partial charge in [0.2, 0.25) is 16.5 Å². The summed E-state index contributed by atoms with van der Waals surface area (Å²) in [6.07, 6.45) is 2.04. The Morgan fingerprint density at radius 3 is 2.47 bits per heavy atom. The molecule has 0 spiro atoms. The van der Waals surface area contributed by atoms with Crippen LogP contribution >= 0.6 is 23.2 Å². The average molecular weight is 277 g/mol. The summed E-state index contributed by atoms with van der Waals surface area (Å²) in [5.74, 6) is 0.512. The number of anilines is 1. The van der Waals surface area contributed by atoms with Gasteiger partial charge in [-0.3, -0.25) is 0 Å². The molecule has 0 radical (unpaired) electrons. The summed E-state index contributed by atoms with van der Waals surface area (Å²) >= 11 is 11.5. The minimum Gasteiger partial charge on any atom is -0.377 e. The fraction of sp³-hybridized carbons (Fsp3) is 0.700. The van der Waals surface area contributed by atoms with Crippen LogP contribution in [0.15, 0.2) is 0 Å². The highest BCUT2D eigenvalue weighted by molar-refractivity contribution is 6.31. The minimum absolute atomic E-state index is 0.115. The van der Waals surface area contributed by atoms with Crippen molar-refractivity contribution in [3.05, 3.63) is 10.6 Å². The lowest BCUT2D eigenvalue weighted by atomic mass is 9.95. The van der Waals surface area contributed by atoms with Crippen LogP contribution in [0.25, 0.3) is 0 Å². The molecule has 1 aliphatic rings.